The number of ether oxygens (including phenoxy) is 1. The van der Waals surface area contributed by atoms with Crippen molar-refractivity contribution in [2.45, 2.75) is 37.7 Å². The number of rotatable bonds is 1. The molecule has 19 heavy (non-hydrogen) atoms. The number of hydrogen-bond donors (Lipinski definition) is 1. The van der Waals surface area contributed by atoms with E-state index in [9.17, 15) is 13.9 Å². The van der Waals surface area contributed by atoms with Crippen LogP contribution in [0.25, 0.3) is 0 Å². The summed E-state index contributed by atoms with van der Waals surface area (Å²) in [4.78, 5) is 0. The smallest absolute Gasteiger partial charge is 0.201 e. The van der Waals surface area contributed by atoms with E-state index in [2.05, 4.69) is 16.6 Å². The third kappa shape index (κ3) is 3.05. The first-order valence-electron chi connectivity index (χ1n) is 6.33. The summed E-state index contributed by atoms with van der Waals surface area (Å²) in [5.74, 6) is 2.98. The molecule has 1 N–H and O–H groups in total. The molecule has 1 aliphatic carbocycles. The van der Waals surface area contributed by atoms with Crippen LogP contribution in [0.4, 0.5) is 8.78 Å². The predicted octanol–water partition coefficient (Wildman–Crippen LogP) is 3.02. The van der Waals surface area contributed by atoms with Gasteiger partial charge < -0.3 is 9.84 Å². The van der Waals surface area contributed by atoms with Gasteiger partial charge in [-0.1, -0.05) is 18.3 Å². The largest absolute Gasteiger partial charge is 0.494 e. The Balaban J connectivity index is 2.27. The second kappa shape index (κ2) is 5.58. The number of aliphatic hydroxyl groups is 1. The standard InChI is InChI=1S/C15H16F2O2/c1-19-12-6-5-11(13(16)14(12)17)7-10-15(18)8-3-2-4-9-15/h5-6,18H,2-4,8-9H2,1H3. The average molecular weight is 266 g/mol. The Morgan fingerprint density at radius 3 is 2.47 bits per heavy atom. The van der Waals surface area contributed by atoms with Crippen molar-refractivity contribution in [1.29, 1.82) is 0 Å². The molecule has 0 atom stereocenters. The summed E-state index contributed by atoms with van der Waals surface area (Å²) in [5.41, 5.74) is -1.13. The highest BCUT2D eigenvalue weighted by Crippen LogP contribution is 2.28. The molecule has 0 spiro atoms. The summed E-state index contributed by atoms with van der Waals surface area (Å²) in [6.07, 6.45) is 4.06. The molecule has 0 saturated heterocycles. The van der Waals surface area contributed by atoms with Crippen molar-refractivity contribution in [3.63, 3.8) is 0 Å². The molecule has 1 saturated carbocycles. The highest BCUT2D eigenvalue weighted by molar-refractivity contribution is 5.42. The van der Waals surface area contributed by atoms with Gasteiger partial charge in [0.05, 0.1) is 12.7 Å². The molecule has 0 unspecified atom stereocenters. The third-order valence-corrected chi connectivity index (χ3v) is 3.38. The number of halogens is 2. The molecule has 2 rings (SSSR count). The zero-order valence-corrected chi connectivity index (χ0v) is 10.8. The topological polar surface area (TPSA) is 29.5 Å². The fourth-order valence-electron chi connectivity index (χ4n) is 2.23. The lowest BCUT2D eigenvalue weighted by Gasteiger charge is -2.26. The average Bonchev–Trinajstić information content (AvgIpc) is 2.41. The van der Waals surface area contributed by atoms with Crippen LogP contribution < -0.4 is 4.74 Å². The van der Waals surface area contributed by atoms with Gasteiger partial charge in [0, 0.05) is 0 Å². The van der Waals surface area contributed by atoms with E-state index in [1.54, 1.807) is 0 Å². The van der Waals surface area contributed by atoms with Crippen LogP contribution in [0.5, 0.6) is 5.75 Å². The SMILES string of the molecule is COc1ccc(C#CC2(O)CCCCC2)c(F)c1F. The molecule has 4 heteroatoms. The lowest BCUT2D eigenvalue weighted by Crippen LogP contribution is -2.29. The van der Waals surface area contributed by atoms with Crippen molar-refractivity contribution in [3.8, 4) is 17.6 Å². The fraction of sp³-hybridized carbons (Fsp3) is 0.467. The van der Waals surface area contributed by atoms with Crippen molar-refractivity contribution >= 4 is 0 Å². The molecule has 0 bridgehead atoms. The number of hydrogen-bond acceptors (Lipinski definition) is 2. The maximum Gasteiger partial charge on any atom is 0.201 e. The summed E-state index contributed by atoms with van der Waals surface area (Å²) in [6, 6.07) is 2.68. The van der Waals surface area contributed by atoms with Gasteiger partial charge in [-0.05, 0) is 37.8 Å². The van der Waals surface area contributed by atoms with Crippen molar-refractivity contribution < 1.29 is 18.6 Å². The molecule has 0 heterocycles. The van der Waals surface area contributed by atoms with Gasteiger partial charge in [0.1, 0.15) is 5.60 Å². The lowest BCUT2D eigenvalue weighted by molar-refractivity contribution is 0.0610. The molecular weight excluding hydrogens is 250 g/mol. The molecule has 0 aromatic heterocycles. The lowest BCUT2D eigenvalue weighted by atomic mass is 9.85. The summed E-state index contributed by atoms with van der Waals surface area (Å²) in [6.45, 7) is 0. The molecule has 0 radical (unpaired) electrons. The molecule has 1 fully saturated rings. The van der Waals surface area contributed by atoms with Crippen molar-refractivity contribution in [2.24, 2.45) is 0 Å². The summed E-state index contributed by atoms with van der Waals surface area (Å²) in [5, 5.41) is 10.2. The summed E-state index contributed by atoms with van der Waals surface area (Å²) in [7, 11) is 1.27. The Hall–Kier alpha value is -1.60. The first kappa shape index (κ1) is 13.8. The fourth-order valence-corrected chi connectivity index (χ4v) is 2.23. The van der Waals surface area contributed by atoms with Crippen molar-refractivity contribution in [1.82, 2.24) is 0 Å². The maximum absolute atomic E-state index is 13.7. The monoisotopic (exact) mass is 266 g/mol. The molecule has 0 amide bonds. The van der Waals surface area contributed by atoms with Gasteiger partial charge in [0.25, 0.3) is 0 Å². The Bertz CT molecular complexity index is 523. The van der Waals surface area contributed by atoms with E-state index < -0.39 is 17.2 Å². The normalized spacial score (nSPS) is 17.5. The minimum Gasteiger partial charge on any atom is -0.494 e. The van der Waals surface area contributed by atoms with Gasteiger partial charge in [0.15, 0.2) is 11.6 Å². The highest BCUT2D eigenvalue weighted by Gasteiger charge is 2.26. The third-order valence-electron chi connectivity index (χ3n) is 3.38. The zero-order valence-electron chi connectivity index (χ0n) is 10.8. The van der Waals surface area contributed by atoms with Gasteiger partial charge in [-0.25, -0.2) is 4.39 Å². The second-order valence-electron chi connectivity index (χ2n) is 4.79. The maximum atomic E-state index is 13.7. The first-order valence-corrected chi connectivity index (χ1v) is 6.33. The van der Waals surface area contributed by atoms with Crippen LogP contribution in [-0.2, 0) is 0 Å². The molecular formula is C15H16F2O2. The molecule has 102 valence electrons. The van der Waals surface area contributed by atoms with Gasteiger partial charge in [0.2, 0.25) is 5.82 Å². The molecule has 1 aromatic rings. The van der Waals surface area contributed by atoms with E-state index in [1.807, 2.05) is 0 Å². The molecule has 1 aromatic carbocycles. The van der Waals surface area contributed by atoms with Gasteiger partial charge in [-0.15, -0.1) is 0 Å². The van der Waals surface area contributed by atoms with Crippen LogP contribution in [-0.4, -0.2) is 17.8 Å². The van der Waals surface area contributed by atoms with E-state index in [0.29, 0.717) is 12.8 Å². The van der Waals surface area contributed by atoms with Crippen LogP contribution in [0.2, 0.25) is 0 Å². The number of methoxy groups -OCH3 is 1. The zero-order chi connectivity index (χ0) is 13.9. The Morgan fingerprint density at radius 1 is 1.16 bits per heavy atom. The highest BCUT2D eigenvalue weighted by atomic mass is 19.2. The molecule has 0 aliphatic heterocycles. The van der Waals surface area contributed by atoms with E-state index in [0.717, 1.165) is 19.3 Å². The first-order chi connectivity index (χ1) is 9.06. The van der Waals surface area contributed by atoms with Crippen molar-refractivity contribution in [3.05, 3.63) is 29.3 Å². The molecule has 1 aliphatic rings. The molecule has 2 nitrogen and oxygen atoms in total. The number of benzene rings is 1. The predicted molar refractivity (Wildman–Crippen MR) is 67.8 cm³/mol. The van der Waals surface area contributed by atoms with Crippen LogP contribution >= 0.6 is 0 Å². The second-order valence-corrected chi connectivity index (χ2v) is 4.79. The Morgan fingerprint density at radius 2 is 1.84 bits per heavy atom. The van der Waals surface area contributed by atoms with E-state index in [-0.39, 0.29) is 11.3 Å². The van der Waals surface area contributed by atoms with Crippen molar-refractivity contribution in [2.75, 3.05) is 7.11 Å². The Labute approximate surface area is 111 Å². The van der Waals surface area contributed by atoms with Crippen LogP contribution in [0.1, 0.15) is 37.7 Å². The minimum atomic E-state index is -1.07. The van der Waals surface area contributed by atoms with E-state index in [1.165, 1.54) is 19.2 Å². The van der Waals surface area contributed by atoms with Crippen LogP contribution in [0.15, 0.2) is 12.1 Å². The summed E-state index contributed by atoms with van der Waals surface area (Å²) >= 11 is 0. The van der Waals surface area contributed by atoms with E-state index in [4.69, 9.17) is 0 Å². The minimum absolute atomic E-state index is 0.0581. The van der Waals surface area contributed by atoms with Crippen LogP contribution in [0, 0.1) is 23.5 Å². The summed E-state index contributed by atoms with van der Waals surface area (Å²) < 4.78 is 31.9. The van der Waals surface area contributed by atoms with Crippen LogP contribution in [0.3, 0.4) is 0 Å². The van der Waals surface area contributed by atoms with Gasteiger partial charge in [-0.3, -0.25) is 0 Å². The van der Waals surface area contributed by atoms with Gasteiger partial charge >= 0.3 is 0 Å². The van der Waals surface area contributed by atoms with Gasteiger partial charge in [-0.2, -0.15) is 4.39 Å². The van der Waals surface area contributed by atoms with E-state index >= 15 is 0 Å². The quantitative estimate of drug-likeness (QED) is 0.792. The Kier molecular flexibility index (Phi) is 4.06.